The Hall–Kier alpha value is -1.88. The second kappa shape index (κ2) is 5.64. The van der Waals surface area contributed by atoms with Crippen molar-refractivity contribution in [2.24, 2.45) is 0 Å². The summed E-state index contributed by atoms with van der Waals surface area (Å²) in [5.74, 6) is 0.836. The van der Waals surface area contributed by atoms with Crippen molar-refractivity contribution >= 4 is 23.3 Å². The van der Waals surface area contributed by atoms with Gasteiger partial charge in [-0.3, -0.25) is 9.78 Å². The van der Waals surface area contributed by atoms with E-state index in [1.54, 1.807) is 12.4 Å². The molecule has 6 heteroatoms. The van der Waals surface area contributed by atoms with Gasteiger partial charge in [-0.1, -0.05) is 24.4 Å². The van der Waals surface area contributed by atoms with E-state index in [0.29, 0.717) is 17.5 Å². The Morgan fingerprint density at radius 2 is 2.13 bits per heavy atom. The van der Waals surface area contributed by atoms with Crippen LogP contribution in [0, 0.1) is 6.92 Å². The predicted octanol–water partition coefficient (Wildman–Crippen LogP) is 3.83. The molecule has 23 heavy (non-hydrogen) atoms. The van der Waals surface area contributed by atoms with Gasteiger partial charge in [-0.05, 0) is 31.4 Å². The number of aryl methyl sites for hydroxylation is 1. The first kappa shape index (κ1) is 14.7. The topological polar surface area (TPSA) is 59.8 Å². The minimum Gasteiger partial charge on any atom is -0.311 e. The minimum absolute atomic E-state index is 0.0227. The van der Waals surface area contributed by atoms with Gasteiger partial charge in [-0.25, -0.2) is 4.68 Å². The van der Waals surface area contributed by atoms with E-state index in [-0.39, 0.29) is 11.8 Å². The molecule has 2 aliphatic rings. The molecule has 1 aliphatic carbocycles. The summed E-state index contributed by atoms with van der Waals surface area (Å²) in [6.07, 6.45) is 8.48. The molecule has 1 fully saturated rings. The molecular weight excluding hydrogens is 312 g/mol. The Bertz CT molecular complexity index is 764. The highest BCUT2D eigenvalue weighted by molar-refractivity contribution is 6.31. The molecule has 0 spiro atoms. The number of hydrogen-bond donors (Lipinski definition) is 1. The molecule has 1 amide bonds. The van der Waals surface area contributed by atoms with Crippen LogP contribution in [0.15, 0.2) is 18.5 Å². The highest BCUT2D eigenvalue weighted by atomic mass is 35.5. The number of pyridine rings is 1. The van der Waals surface area contributed by atoms with E-state index in [2.05, 4.69) is 10.3 Å². The van der Waals surface area contributed by atoms with Crippen LogP contribution in [0.2, 0.25) is 5.02 Å². The normalized spacial score (nSPS) is 21.3. The number of rotatable bonds is 2. The second-order valence-electron chi connectivity index (χ2n) is 6.43. The average Bonchev–Trinajstić information content (AvgIpc) is 3.15. The Morgan fingerprint density at radius 3 is 2.87 bits per heavy atom. The molecular formula is C17H19ClN4O. The summed E-state index contributed by atoms with van der Waals surface area (Å²) in [5.41, 5.74) is 3.03. The third-order valence-electron chi connectivity index (χ3n) is 4.98. The van der Waals surface area contributed by atoms with E-state index in [1.807, 2.05) is 17.7 Å². The Kier molecular flexibility index (Phi) is 3.60. The van der Waals surface area contributed by atoms with Crippen LogP contribution < -0.4 is 5.32 Å². The van der Waals surface area contributed by atoms with Gasteiger partial charge >= 0.3 is 0 Å². The highest BCUT2D eigenvalue weighted by Crippen LogP contribution is 2.43. The number of anilines is 1. The molecule has 0 saturated heterocycles. The predicted molar refractivity (Wildman–Crippen MR) is 88.8 cm³/mol. The van der Waals surface area contributed by atoms with E-state index in [1.165, 1.54) is 12.8 Å². The highest BCUT2D eigenvalue weighted by Gasteiger charge is 2.35. The van der Waals surface area contributed by atoms with Crippen molar-refractivity contribution in [1.29, 1.82) is 0 Å². The van der Waals surface area contributed by atoms with E-state index >= 15 is 0 Å². The lowest BCUT2D eigenvalue weighted by molar-refractivity contribution is -0.116. The molecule has 0 aromatic carbocycles. The third-order valence-corrected chi connectivity index (χ3v) is 5.29. The van der Waals surface area contributed by atoms with Crippen LogP contribution in [0.25, 0.3) is 0 Å². The average molecular weight is 331 g/mol. The minimum atomic E-state index is -0.0515. The van der Waals surface area contributed by atoms with Crippen LogP contribution in [0.4, 0.5) is 5.82 Å². The fourth-order valence-corrected chi connectivity index (χ4v) is 4.17. The molecule has 1 saturated carbocycles. The number of carbonyl (C=O) groups is 1. The molecule has 1 atom stereocenters. The zero-order valence-corrected chi connectivity index (χ0v) is 13.8. The van der Waals surface area contributed by atoms with Gasteiger partial charge in [-0.2, -0.15) is 5.10 Å². The summed E-state index contributed by atoms with van der Waals surface area (Å²) in [7, 11) is 0. The molecule has 5 nitrogen and oxygen atoms in total. The zero-order valence-electron chi connectivity index (χ0n) is 13.1. The molecule has 0 bridgehead atoms. The van der Waals surface area contributed by atoms with Gasteiger partial charge < -0.3 is 5.32 Å². The van der Waals surface area contributed by atoms with Gasteiger partial charge in [0.1, 0.15) is 5.82 Å². The lowest BCUT2D eigenvalue weighted by Gasteiger charge is -2.26. The van der Waals surface area contributed by atoms with Crippen molar-refractivity contribution < 1.29 is 4.79 Å². The molecule has 120 valence electrons. The Morgan fingerprint density at radius 1 is 1.35 bits per heavy atom. The number of fused-ring (bicyclic) bond motifs is 1. The zero-order chi connectivity index (χ0) is 16.0. The maximum Gasteiger partial charge on any atom is 0.226 e. The largest absolute Gasteiger partial charge is 0.311 e. The van der Waals surface area contributed by atoms with E-state index in [4.69, 9.17) is 16.7 Å². The number of halogens is 1. The first-order chi connectivity index (χ1) is 11.1. The van der Waals surface area contributed by atoms with Crippen molar-refractivity contribution in [3.63, 3.8) is 0 Å². The quantitative estimate of drug-likeness (QED) is 0.910. The van der Waals surface area contributed by atoms with Crippen LogP contribution in [-0.4, -0.2) is 20.7 Å². The summed E-state index contributed by atoms with van der Waals surface area (Å²) < 4.78 is 2.04. The van der Waals surface area contributed by atoms with Gasteiger partial charge in [0, 0.05) is 30.3 Å². The molecule has 2 aromatic rings. The van der Waals surface area contributed by atoms with Gasteiger partial charge in [0.2, 0.25) is 5.91 Å². The van der Waals surface area contributed by atoms with Gasteiger partial charge in [0.25, 0.3) is 0 Å². The lowest BCUT2D eigenvalue weighted by atomic mass is 9.86. The van der Waals surface area contributed by atoms with E-state index in [0.717, 1.165) is 35.5 Å². The van der Waals surface area contributed by atoms with Crippen LogP contribution in [0.3, 0.4) is 0 Å². The number of carbonyl (C=O) groups excluding carboxylic acids is 1. The van der Waals surface area contributed by atoms with Gasteiger partial charge in [-0.15, -0.1) is 0 Å². The maximum atomic E-state index is 12.3. The molecule has 1 N–H and O–H groups in total. The number of amides is 1. The lowest BCUT2D eigenvalue weighted by Crippen LogP contribution is -2.26. The fourth-order valence-electron chi connectivity index (χ4n) is 3.92. The fraction of sp³-hybridized carbons (Fsp3) is 0.471. The van der Waals surface area contributed by atoms with Crippen molar-refractivity contribution in [2.45, 2.75) is 51.0 Å². The molecule has 4 rings (SSSR count). The SMILES string of the molecule is Cc1nn(C2CCCC2)c2c1C(c1ccncc1Cl)CC(=O)N2. The number of nitrogens with zero attached hydrogens (tertiary/aromatic N) is 3. The smallest absolute Gasteiger partial charge is 0.226 e. The third kappa shape index (κ3) is 2.43. The summed E-state index contributed by atoms with van der Waals surface area (Å²) in [4.78, 5) is 16.3. The Balaban J connectivity index is 1.84. The second-order valence-corrected chi connectivity index (χ2v) is 6.84. The van der Waals surface area contributed by atoms with Crippen molar-refractivity contribution in [2.75, 3.05) is 5.32 Å². The first-order valence-corrected chi connectivity index (χ1v) is 8.51. The van der Waals surface area contributed by atoms with E-state index < -0.39 is 0 Å². The summed E-state index contributed by atoms with van der Waals surface area (Å²) >= 11 is 6.34. The maximum absolute atomic E-state index is 12.3. The monoisotopic (exact) mass is 330 g/mol. The van der Waals surface area contributed by atoms with Crippen molar-refractivity contribution in [3.05, 3.63) is 40.3 Å². The van der Waals surface area contributed by atoms with Crippen LogP contribution in [-0.2, 0) is 4.79 Å². The van der Waals surface area contributed by atoms with Gasteiger partial charge in [0.05, 0.1) is 16.8 Å². The van der Waals surface area contributed by atoms with Gasteiger partial charge in [0.15, 0.2) is 0 Å². The molecule has 1 aliphatic heterocycles. The van der Waals surface area contributed by atoms with Crippen LogP contribution >= 0.6 is 11.6 Å². The van der Waals surface area contributed by atoms with Crippen molar-refractivity contribution in [1.82, 2.24) is 14.8 Å². The number of hydrogen-bond acceptors (Lipinski definition) is 3. The summed E-state index contributed by atoms with van der Waals surface area (Å²) in [5, 5.41) is 8.41. The number of nitrogens with one attached hydrogen (secondary N) is 1. The Labute approximate surface area is 140 Å². The van der Waals surface area contributed by atoms with Crippen LogP contribution in [0.1, 0.15) is 60.9 Å². The summed E-state index contributed by atoms with van der Waals surface area (Å²) in [6.45, 7) is 2.02. The first-order valence-electron chi connectivity index (χ1n) is 8.13. The van der Waals surface area contributed by atoms with E-state index in [9.17, 15) is 4.79 Å². The molecule has 1 unspecified atom stereocenters. The number of aromatic nitrogens is 3. The summed E-state index contributed by atoms with van der Waals surface area (Å²) in [6, 6.07) is 2.30. The standard InChI is InChI=1S/C17H19ClN4O/c1-10-16-13(12-6-7-19-9-14(12)18)8-15(23)20-17(16)22(21-10)11-4-2-3-5-11/h6-7,9,11,13H,2-5,8H2,1H3,(H,20,23). The molecule has 2 aromatic heterocycles. The van der Waals surface area contributed by atoms with Crippen LogP contribution in [0.5, 0.6) is 0 Å². The molecule has 3 heterocycles. The molecule has 0 radical (unpaired) electrons. The van der Waals surface area contributed by atoms with Crippen molar-refractivity contribution in [3.8, 4) is 0 Å².